The van der Waals surface area contributed by atoms with E-state index < -0.39 is 5.92 Å². The molecule has 1 N–H and O–H groups in total. The number of amides is 1. The standard InChI is InChI=1S/C14H23N3O3S/c1-16-13(21-3)9-12(15-16)11(14(18)17(2)19)8-10-4-6-20-7-5-10/h9-11,19H,4-8H2,1-3H3. The van der Waals surface area contributed by atoms with Crippen LogP contribution in [0, 0.1) is 5.92 Å². The highest BCUT2D eigenvalue weighted by molar-refractivity contribution is 7.98. The smallest absolute Gasteiger partial charge is 0.254 e. The van der Waals surface area contributed by atoms with Gasteiger partial charge in [0.25, 0.3) is 5.91 Å². The van der Waals surface area contributed by atoms with Crippen molar-refractivity contribution in [2.75, 3.05) is 26.5 Å². The Hall–Kier alpha value is -1.05. The van der Waals surface area contributed by atoms with Crippen LogP contribution in [-0.4, -0.2) is 52.5 Å². The summed E-state index contributed by atoms with van der Waals surface area (Å²) < 4.78 is 7.15. The third kappa shape index (κ3) is 3.99. The topological polar surface area (TPSA) is 67.6 Å². The van der Waals surface area contributed by atoms with Gasteiger partial charge in [0.05, 0.1) is 16.6 Å². The molecule has 1 saturated heterocycles. The number of aryl methyl sites for hydroxylation is 1. The molecule has 2 rings (SSSR count). The van der Waals surface area contributed by atoms with E-state index in [4.69, 9.17) is 4.74 Å². The number of hydrogen-bond donors (Lipinski definition) is 1. The Kier molecular flexibility index (Phi) is 5.66. The highest BCUT2D eigenvalue weighted by Gasteiger charge is 2.30. The van der Waals surface area contributed by atoms with Crippen molar-refractivity contribution in [2.45, 2.75) is 30.2 Å². The first-order valence-corrected chi connectivity index (χ1v) is 8.37. The SMILES string of the molecule is CSc1cc(C(CC2CCOCC2)C(=O)N(C)O)nn1C. The Balaban J connectivity index is 2.19. The molecular formula is C14H23N3O3S. The summed E-state index contributed by atoms with van der Waals surface area (Å²) in [6.07, 6.45) is 4.61. The van der Waals surface area contributed by atoms with Gasteiger partial charge < -0.3 is 4.74 Å². The molecule has 1 atom stereocenters. The van der Waals surface area contributed by atoms with Gasteiger partial charge in [0, 0.05) is 27.3 Å². The van der Waals surface area contributed by atoms with Crippen LogP contribution >= 0.6 is 11.8 Å². The van der Waals surface area contributed by atoms with Crippen molar-refractivity contribution < 1.29 is 14.7 Å². The molecule has 1 unspecified atom stereocenters. The number of likely N-dealkylation sites (N-methyl/N-ethyl adjacent to an activating group) is 1. The van der Waals surface area contributed by atoms with E-state index >= 15 is 0 Å². The van der Waals surface area contributed by atoms with Gasteiger partial charge in [-0.3, -0.25) is 14.7 Å². The van der Waals surface area contributed by atoms with Crippen molar-refractivity contribution in [2.24, 2.45) is 13.0 Å². The third-order valence-corrected chi connectivity index (χ3v) is 4.75. The fourth-order valence-corrected chi connectivity index (χ4v) is 3.27. The van der Waals surface area contributed by atoms with Gasteiger partial charge >= 0.3 is 0 Å². The average Bonchev–Trinajstić information content (AvgIpc) is 2.86. The number of carbonyl (C=O) groups excluding carboxylic acids is 1. The van der Waals surface area contributed by atoms with Crippen molar-refractivity contribution in [3.05, 3.63) is 11.8 Å². The number of thioether (sulfide) groups is 1. The molecule has 6 nitrogen and oxygen atoms in total. The number of aromatic nitrogens is 2. The number of hydrogen-bond acceptors (Lipinski definition) is 5. The predicted molar refractivity (Wildman–Crippen MR) is 80.4 cm³/mol. The molecule has 1 amide bonds. The van der Waals surface area contributed by atoms with Crippen LogP contribution in [-0.2, 0) is 16.6 Å². The summed E-state index contributed by atoms with van der Waals surface area (Å²) in [7, 11) is 3.24. The van der Waals surface area contributed by atoms with Gasteiger partial charge in [-0.2, -0.15) is 5.10 Å². The van der Waals surface area contributed by atoms with Gasteiger partial charge in [0.15, 0.2) is 0 Å². The summed E-state index contributed by atoms with van der Waals surface area (Å²) in [5.74, 6) is -0.255. The molecule has 0 aliphatic carbocycles. The molecule has 1 aromatic heterocycles. The maximum atomic E-state index is 12.3. The minimum Gasteiger partial charge on any atom is -0.381 e. The molecule has 0 bridgehead atoms. The molecule has 1 fully saturated rings. The molecular weight excluding hydrogens is 290 g/mol. The van der Waals surface area contributed by atoms with Gasteiger partial charge in [-0.1, -0.05) is 0 Å². The maximum Gasteiger partial charge on any atom is 0.254 e. The second-order valence-electron chi connectivity index (χ2n) is 5.44. The summed E-state index contributed by atoms with van der Waals surface area (Å²) >= 11 is 1.59. The Bertz CT molecular complexity index is 484. The largest absolute Gasteiger partial charge is 0.381 e. The van der Waals surface area contributed by atoms with Crippen molar-refractivity contribution in [3.63, 3.8) is 0 Å². The predicted octanol–water partition coefficient (Wildman–Crippen LogP) is 1.89. The molecule has 7 heteroatoms. The van der Waals surface area contributed by atoms with Crippen molar-refractivity contribution >= 4 is 17.7 Å². The van der Waals surface area contributed by atoms with Crippen LogP contribution in [0.15, 0.2) is 11.1 Å². The highest BCUT2D eigenvalue weighted by atomic mass is 32.2. The third-order valence-electron chi connectivity index (χ3n) is 3.95. The van der Waals surface area contributed by atoms with Gasteiger partial charge in [-0.05, 0) is 37.5 Å². The molecule has 0 aromatic carbocycles. The van der Waals surface area contributed by atoms with Crippen LogP contribution < -0.4 is 0 Å². The van der Waals surface area contributed by atoms with Crippen LogP contribution in [0.3, 0.4) is 0 Å². The van der Waals surface area contributed by atoms with Crippen LogP contribution in [0.2, 0.25) is 0 Å². The van der Waals surface area contributed by atoms with E-state index in [0.29, 0.717) is 17.4 Å². The van der Waals surface area contributed by atoms with E-state index in [1.807, 2.05) is 19.4 Å². The fourth-order valence-electron chi connectivity index (χ4n) is 2.72. The number of nitrogens with zero attached hydrogens (tertiary/aromatic N) is 3. The summed E-state index contributed by atoms with van der Waals surface area (Å²) in [5, 5.41) is 15.7. The van der Waals surface area contributed by atoms with Gasteiger partial charge in [-0.25, -0.2) is 5.06 Å². The zero-order valence-electron chi connectivity index (χ0n) is 12.8. The van der Waals surface area contributed by atoms with Crippen LogP contribution in [0.5, 0.6) is 0 Å². The van der Waals surface area contributed by atoms with E-state index in [1.165, 1.54) is 7.05 Å². The molecule has 0 spiro atoms. The Morgan fingerprint density at radius 1 is 1.62 bits per heavy atom. The van der Waals surface area contributed by atoms with Crippen molar-refractivity contribution in [1.29, 1.82) is 0 Å². The average molecular weight is 313 g/mol. The summed E-state index contributed by atoms with van der Waals surface area (Å²) in [6.45, 7) is 1.50. The first-order valence-electron chi connectivity index (χ1n) is 7.15. The monoisotopic (exact) mass is 313 g/mol. The zero-order chi connectivity index (χ0) is 15.4. The lowest BCUT2D eigenvalue weighted by Crippen LogP contribution is -2.31. The maximum absolute atomic E-state index is 12.3. The van der Waals surface area contributed by atoms with E-state index in [-0.39, 0.29) is 5.91 Å². The minimum atomic E-state index is -0.393. The molecule has 1 aromatic rings. The number of carbonyl (C=O) groups is 1. The van der Waals surface area contributed by atoms with Crippen molar-refractivity contribution in [3.8, 4) is 0 Å². The quantitative estimate of drug-likeness (QED) is 0.511. The zero-order valence-corrected chi connectivity index (χ0v) is 13.6. The Morgan fingerprint density at radius 3 is 2.81 bits per heavy atom. The molecule has 1 aliphatic heterocycles. The fraction of sp³-hybridized carbons (Fsp3) is 0.714. The number of hydroxylamine groups is 2. The molecule has 0 saturated carbocycles. The summed E-state index contributed by atoms with van der Waals surface area (Å²) in [4.78, 5) is 12.3. The lowest BCUT2D eigenvalue weighted by atomic mass is 9.86. The normalized spacial score (nSPS) is 17.7. The van der Waals surface area contributed by atoms with E-state index in [2.05, 4.69) is 5.10 Å². The minimum absolute atomic E-state index is 0.299. The summed E-state index contributed by atoms with van der Waals surface area (Å²) in [6, 6.07) is 1.94. The Labute approximate surface area is 129 Å². The van der Waals surface area contributed by atoms with Crippen LogP contribution in [0.1, 0.15) is 30.9 Å². The second kappa shape index (κ2) is 7.29. The Morgan fingerprint density at radius 2 is 2.29 bits per heavy atom. The molecule has 0 radical (unpaired) electrons. The van der Waals surface area contributed by atoms with Crippen LogP contribution in [0.4, 0.5) is 0 Å². The van der Waals surface area contributed by atoms with Gasteiger partial charge in [0.2, 0.25) is 0 Å². The van der Waals surface area contributed by atoms with Crippen molar-refractivity contribution in [1.82, 2.24) is 14.8 Å². The molecule has 118 valence electrons. The van der Waals surface area contributed by atoms with Crippen LogP contribution in [0.25, 0.3) is 0 Å². The van der Waals surface area contributed by atoms with E-state index in [0.717, 1.165) is 36.8 Å². The lowest BCUT2D eigenvalue weighted by Gasteiger charge is -2.26. The molecule has 21 heavy (non-hydrogen) atoms. The van der Waals surface area contributed by atoms with Gasteiger partial charge in [-0.15, -0.1) is 11.8 Å². The van der Waals surface area contributed by atoms with E-state index in [1.54, 1.807) is 16.4 Å². The summed E-state index contributed by atoms with van der Waals surface area (Å²) in [5.41, 5.74) is 0.735. The number of rotatable bonds is 5. The first kappa shape index (κ1) is 16.3. The molecule has 2 heterocycles. The van der Waals surface area contributed by atoms with Gasteiger partial charge in [0.1, 0.15) is 0 Å². The second-order valence-corrected chi connectivity index (χ2v) is 6.27. The highest BCUT2D eigenvalue weighted by Crippen LogP contribution is 2.31. The van der Waals surface area contributed by atoms with E-state index in [9.17, 15) is 10.0 Å². The lowest BCUT2D eigenvalue weighted by molar-refractivity contribution is -0.161. The first-order chi connectivity index (χ1) is 10.0. The number of ether oxygens (including phenoxy) is 1. The molecule has 1 aliphatic rings.